The van der Waals surface area contributed by atoms with Crippen LogP contribution < -0.4 is 0 Å². The van der Waals surface area contributed by atoms with Gasteiger partial charge in [0.25, 0.3) is 0 Å². The molecule has 110 valence electrons. The van der Waals surface area contributed by atoms with Crippen LogP contribution in [-0.2, 0) is 18.3 Å². The Balaban J connectivity index is 1.76. The Hall–Kier alpha value is -1.91. The van der Waals surface area contributed by atoms with Gasteiger partial charge in [-0.1, -0.05) is 30.3 Å². The number of benzene rings is 1. The largest absolute Gasteiger partial charge is 0.379 e. The van der Waals surface area contributed by atoms with Crippen LogP contribution in [0.15, 0.2) is 42.6 Å². The molecule has 4 nitrogen and oxygen atoms in total. The lowest BCUT2D eigenvalue weighted by Crippen LogP contribution is -2.36. The summed E-state index contributed by atoms with van der Waals surface area (Å²) in [5, 5.41) is 0. The van der Waals surface area contributed by atoms with E-state index in [-0.39, 0.29) is 5.78 Å². The molecule has 1 saturated heterocycles. The van der Waals surface area contributed by atoms with Crippen molar-refractivity contribution in [3.05, 3.63) is 59.4 Å². The maximum Gasteiger partial charge on any atom is 0.194 e. The van der Waals surface area contributed by atoms with E-state index in [0.717, 1.165) is 49.7 Å². The molecular weight excluding hydrogens is 264 g/mol. The predicted octanol–water partition coefficient (Wildman–Crippen LogP) is 2.09. The number of carbonyl (C=O) groups excluding carboxylic acids is 1. The Bertz CT molecular complexity index is 613. The summed E-state index contributed by atoms with van der Waals surface area (Å²) in [7, 11) is 2.00. The summed E-state index contributed by atoms with van der Waals surface area (Å²) in [6.45, 7) is 4.35. The van der Waals surface area contributed by atoms with Crippen LogP contribution >= 0.6 is 0 Å². The third kappa shape index (κ3) is 3.23. The molecule has 1 aliphatic heterocycles. The van der Waals surface area contributed by atoms with Crippen molar-refractivity contribution in [3.63, 3.8) is 0 Å². The van der Waals surface area contributed by atoms with E-state index in [1.54, 1.807) is 0 Å². The molecule has 0 aliphatic carbocycles. The number of hydrogen-bond donors (Lipinski definition) is 0. The van der Waals surface area contributed by atoms with Gasteiger partial charge in [0.05, 0.1) is 13.2 Å². The molecule has 0 saturated carbocycles. The molecular formula is C17H20N2O2. The molecule has 2 aromatic rings. The third-order valence-corrected chi connectivity index (χ3v) is 3.90. The number of ether oxygens (including phenoxy) is 1. The van der Waals surface area contributed by atoms with Crippen molar-refractivity contribution < 1.29 is 9.53 Å². The molecule has 1 aliphatic rings. The van der Waals surface area contributed by atoms with Crippen molar-refractivity contribution in [1.29, 1.82) is 0 Å². The van der Waals surface area contributed by atoms with Gasteiger partial charge in [0.2, 0.25) is 0 Å². The Morgan fingerprint density at radius 3 is 2.57 bits per heavy atom. The lowest BCUT2D eigenvalue weighted by molar-refractivity contribution is 0.0333. The topological polar surface area (TPSA) is 34.5 Å². The van der Waals surface area contributed by atoms with Gasteiger partial charge in [-0.25, -0.2) is 0 Å². The van der Waals surface area contributed by atoms with Gasteiger partial charge in [0, 0.05) is 49.7 Å². The van der Waals surface area contributed by atoms with E-state index < -0.39 is 0 Å². The van der Waals surface area contributed by atoms with Crippen molar-refractivity contribution in [2.45, 2.75) is 6.54 Å². The fourth-order valence-corrected chi connectivity index (χ4v) is 2.64. The van der Waals surface area contributed by atoms with Crippen LogP contribution in [0.4, 0.5) is 0 Å². The smallest absolute Gasteiger partial charge is 0.194 e. The average molecular weight is 284 g/mol. The van der Waals surface area contributed by atoms with Crippen LogP contribution in [0.3, 0.4) is 0 Å². The first-order valence-electron chi connectivity index (χ1n) is 7.29. The first kappa shape index (κ1) is 14.0. The van der Waals surface area contributed by atoms with Crippen LogP contribution in [0.2, 0.25) is 0 Å². The summed E-state index contributed by atoms with van der Waals surface area (Å²) in [5.74, 6) is 0.0828. The summed E-state index contributed by atoms with van der Waals surface area (Å²) in [5.41, 5.74) is 2.66. The molecule has 0 atom stereocenters. The zero-order valence-electron chi connectivity index (χ0n) is 12.3. The molecule has 0 spiro atoms. The van der Waals surface area contributed by atoms with E-state index in [9.17, 15) is 4.79 Å². The monoisotopic (exact) mass is 284 g/mol. The van der Waals surface area contributed by atoms with Gasteiger partial charge < -0.3 is 9.30 Å². The standard InChI is InChI=1S/C17H20N2O2/c1-18-12-15(17(20)14-5-3-2-4-6-14)11-16(18)13-19-7-9-21-10-8-19/h2-6,11-12H,7-10,13H2,1H3. The Labute approximate surface area is 124 Å². The van der Waals surface area contributed by atoms with Crippen LogP contribution in [0, 0.1) is 0 Å². The Morgan fingerprint density at radius 1 is 1.14 bits per heavy atom. The normalized spacial score (nSPS) is 16.0. The molecule has 1 aromatic carbocycles. The molecule has 4 heteroatoms. The van der Waals surface area contributed by atoms with E-state index in [4.69, 9.17) is 4.74 Å². The fourth-order valence-electron chi connectivity index (χ4n) is 2.64. The number of carbonyl (C=O) groups is 1. The summed E-state index contributed by atoms with van der Waals surface area (Å²) in [4.78, 5) is 14.8. The van der Waals surface area contributed by atoms with Gasteiger partial charge in [-0.2, -0.15) is 0 Å². The number of aryl methyl sites for hydroxylation is 1. The molecule has 0 amide bonds. The SMILES string of the molecule is Cn1cc(C(=O)c2ccccc2)cc1CN1CCOCC1. The Morgan fingerprint density at radius 2 is 1.86 bits per heavy atom. The molecule has 3 rings (SSSR count). The van der Waals surface area contributed by atoms with Crippen molar-refractivity contribution in [2.24, 2.45) is 7.05 Å². The highest BCUT2D eigenvalue weighted by Gasteiger charge is 2.16. The molecule has 2 heterocycles. The lowest BCUT2D eigenvalue weighted by atomic mass is 10.1. The number of aromatic nitrogens is 1. The van der Waals surface area contributed by atoms with E-state index in [2.05, 4.69) is 4.90 Å². The summed E-state index contributed by atoms with van der Waals surface area (Å²) in [6, 6.07) is 11.4. The number of hydrogen-bond acceptors (Lipinski definition) is 3. The molecule has 0 radical (unpaired) electrons. The molecule has 21 heavy (non-hydrogen) atoms. The molecule has 0 bridgehead atoms. The van der Waals surface area contributed by atoms with E-state index in [1.807, 2.05) is 54.2 Å². The van der Waals surface area contributed by atoms with Gasteiger partial charge in [-0.3, -0.25) is 9.69 Å². The maximum atomic E-state index is 12.5. The van der Waals surface area contributed by atoms with Gasteiger partial charge in [-0.05, 0) is 6.07 Å². The molecule has 1 aromatic heterocycles. The second kappa shape index (κ2) is 6.24. The number of ketones is 1. The molecule has 0 N–H and O–H groups in total. The van der Waals surface area contributed by atoms with Crippen molar-refractivity contribution in [3.8, 4) is 0 Å². The van der Waals surface area contributed by atoms with Crippen molar-refractivity contribution in [2.75, 3.05) is 26.3 Å². The second-order valence-electron chi connectivity index (χ2n) is 5.41. The van der Waals surface area contributed by atoms with Gasteiger partial charge in [0.1, 0.15) is 0 Å². The maximum absolute atomic E-state index is 12.5. The second-order valence-corrected chi connectivity index (χ2v) is 5.41. The lowest BCUT2D eigenvalue weighted by Gasteiger charge is -2.26. The minimum absolute atomic E-state index is 0.0828. The average Bonchev–Trinajstić information content (AvgIpc) is 2.89. The fraction of sp³-hybridized carbons (Fsp3) is 0.353. The minimum Gasteiger partial charge on any atom is -0.379 e. The first-order chi connectivity index (χ1) is 10.2. The first-order valence-corrected chi connectivity index (χ1v) is 7.29. The van der Waals surface area contributed by atoms with E-state index in [0.29, 0.717) is 0 Å². The third-order valence-electron chi connectivity index (χ3n) is 3.90. The predicted molar refractivity (Wildman–Crippen MR) is 81.4 cm³/mol. The summed E-state index contributed by atoms with van der Waals surface area (Å²) < 4.78 is 7.41. The van der Waals surface area contributed by atoms with Crippen LogP contribution in [0.5, 0.6) is 0 Å². The zero-order chi connectivity index (χ0) is 14.7. The van der Waals surface area contributed by atoms with Crippen LogP contribution in [-0.4, -0.2) is 41.6 Å². The highest BCUT2D eigenvalue weighted by molar-refractivity contribution is 6.09. The number of rotatable bonds is 4. The number of nitrogens with zero attached hydrogens (tertiary/aromatic N) is 2. The molecule has 0 unspecified atom stereocenters. The van der Waals surface area contributed by atoms with Crippen molar-refractivity contribution >= 4 is 5.78 Å². The van der Waals surface area contributed by atoms with E-state index in [1.165, 1.54) is 0 Å². The highest BCUT2D eigenvalue weighted by Crippen LogP contribution is 2.15. The summed E-state index contributed by atoms with van der Waals surface area (Å²) >= 11 is 0. The Kier molecular flexibility index (Phi) is 4.18. The van der Waals surface area contributed by atoms with E-state index >= 15 is 0 Å². The summed E-state index contributed by atoms with van der Waals surface area (Å²) in [6.07, 6.45) is 1.92. The van der Waals surface area contributed by atoms with Gasteiger partial charge >= 0.3 is 0 Å². The van der Waals surface area contributed by atoms with Crippen LogP contribution in [0.25, 0.3) is 0 Å². The molecule has 1 fully saturated rings. The minimum atomic E-state index is 0.0828. The van der Waals surface area contributed by atoms with Crippen molar-refractivity contribution in [1.82, 2.24) is 9.47 Å². The van der Waals surface area contributed by atoms with Crippen LogP contribution in [0.1, 0.15) is 21.6 Å². The quantitative estimate of drug-likeness (QED) is 0.806. The van der Waals surface area contributed by atoms with Gasteiger partial charge in [0.15, 0.2) is 5.78 Å². The highest BCUT2D eigenvalue weighted by atomic mass is 16.5. The zero-order valence-corrected chi connectivity index (χ0v) is 12.3. The van der Waals surface area contributed by atoms with Gasteiger partial charge in [-0.15, -0.1) is 0 Å². The number of morpholine rings is 1.